The number of aliphatic hydroxyl groups is 1. The molecule has 0 spiro atoms. The van der Waals surface area contributed by atoms with E-state index in [2.05, 4.69) is 10.3 Å². The van der Waals surface area contributed by atoms with E-state index in [0.29, 0.717) is 45.7 Å². The molecular weight excluding hydrogens is 462 g/mol. The van der Waals surface area contributed by atoms with Gasteiger partial charge in [0.15, 0.2) is 11.5 Å². The number of H-pyrrole nitrogens is 1. The van der Waals surface area contributed by atoms with Gasteiger partial charge in [-0.1, -0.05) is 18.2 Å². The normalized spacial score (nSPS) is 14.7. The minimum atomic E-state index is -0.801. The number of para-hydroxylation sites is 1. The molecule has 3 heterocycles. The lowest BCUT2D eigenvalue weighted by Gasteiger charge is -2.15. The second-order valence-electron chi connectivity index (χ2n) is 8.49. The summed E-state index contributed by atoms with van der Waals surface area (Å²) in [6.07, 6.45) is 2.71. The van der Waals surface area contributed by atoms with Gasteiger partial charge in [-0.3, -0.25) is 14.9 Å². The fourth-order valence-electron chi connectivity index (χ4n) is 4.83. The lowest BCUT2D eigenvalue weighted by molar-refractivity contribution is -0.122. The van der Waals surface area contributed by atoms with E-state index in [-0.39, 0.29) is 18.7 Å². The van der Waals surface area contributed by atoms with Gasteiger partial charge >= 0.3 is 0 Å². The van der Waals surface area contributed by atoms with Crippen molar-refractivity contribution in [3.63, 3.8) is 0 Å². The van der Waals surface area contributed by atoms with Gasteiger partial charge in [0, 0.05) is 46.4 Å². The maximum absolute atomic E-state index is 13.2. The Morgan fingerprint density at radius 1 is 0.972 bits per heavy atom. The molecule has 0 saturated heterocycles. The minimum Gasteiger partial charge on any atom is -0.493 e. The maximum Gasteiger partial charge on any atom is 0.259 e. The van der Waals surface area contributed by atoms with Crippen LogP contribution in [0.4, 0.5) is 0 Å². The first kappa shape index (κ1) is 23.7. The number of rotatable bonds is 9. The van der Waals surface area contributed by atoms with Crippen molar-refractivity contribution in [2.75, 3.05) is 27.4 Å². The number of hydrogen-bond acceptors (Lipinski definition) is 6. The molecule has 0 fully saturated rings. The van der Waals surface area contributed by atoms with Crippen molar-refractivity contribution in [1.29, 1.82) is 0 Å². The summed E-state index contributed by atoms with van der Waals surface area (Å²) in [6, 6.07) is 11.2. The summed E-state index contributed by atoms with van der Waals surface area (Å²) in [6.45, 7) is 2.68. The predicted octanol–water partition coefficient (Wildman–Crippen LogP) is 3.10. The minimum absolute atomic E-state index is 0.153. The van der Waals surface area contributed by atoms with E-state index in [1.807, 2.05) is 41.8 Å². The topological polar surface area (TPSA) is 115 Å². The first-order valence-corrected chi connectivity index (χ1v) is 11.6. The van der Waals surface area contributed by atoms with Crippen LogP contribution in [0.15, 0.2) is 48.8 Å². The number of ether oxygens (including phenoxy) is 3. The Hall–Kier alpha value is -4.08. The molecule has 2 aromatic heterocycles. The molecular formula is C27H27N3O6. The first-order chi connectivity index (χ1) is 17.5. The zero-order chi connectivity index (χ0) is 25.4. The second kappa shape index (κ2) is 9.52. The molecule has 2 aromatic carbocycles. The highest BCUT2D eigenvalue weighted by atomic mass is 16.5. The molecule has 5 rings (SSSR count). The number of hydrogen-bond donors (Lipinski definition) is 3. The Bertz CT molecular complexity index is 1510. The van der Waals surface area contributed by atoms with E-state index in [0.717, 1.165) is 10.9 Å². The number of imide groups is 1. The second-order valence-corrected chi connectivity index (χ2v) is 8.49. The van der Waals surface area contributed by atoms with Crippen molar-refractivity contribution in [3.05, 3.63) is 59.9 Å². The smallest absolute Gasteiger partial charge is 0.259 e. The number of fused-ring (bicyclic) bond motifs is 2. The van der Waals surface area contributed by atoms with Crippen molar-refractivity contribution in [3.8, 4) is 11.5 Å². The molecule has 1 unspecified atom stereocenters. The van der Waals surface area contributed by atoms with Crippen LogP contribution in [-0.4, -0.2) is 60.0 Å². The number of benzene rings is 2. The summed E-state index contributed by atoms with van der Waals surface area (Å²) in [7, 11) is 3.08. The summed E-state index contributed by atoms with van der Waals surface area (Å²) < 4.78 is 18.4. The quantitative estimate of drug-likeness (QED) is 0.311. The van der Waals surface area contributed by atoms with Crippen molar-refractivity contribution >= 4 is 44.8 Å². The highest BCUT2D eigenvalue weighted by Gasteiger charge is 2.35. The van der Waals surface area contributed by atoms with Crippen LogP contribution in [0.2, 0.25) is 0 Å². The largest absolute Gasteiger partial charge is 0.493 e. The molecule has 1 aliphatic heterocycles. The Morgan fingerprint density at radius 3 is 2.44 bits per heavy atom. The third kappa shape index (κ3) is 3.82. The van der Waals surface area contributed by atoms with Crippen LogP contribution in [0.3, 0.4) is 0 Å². The van der Waals surface area contributed by atoms with Crippen molar-refractivity contribution in [2.24, 2.45) is 0 Å². The van der Waals surface area contributed by atoms with Gasteiger partial charge in [-0.05, 0) is 25.1 Å². The van der Waals surface area contributed by atoms with E-state index >= 15 is 0 Å². The molecule has 2 amide bonds. The first-order valence-electron chi connectivity index (χ1n) is 11.6. The van der Waals surface area contributed by atoms with Gasteiger partial charge < -0.3 is 28.9 Å². The fraction of sp³-hybridized carbons (Fsp3) is 0.259. The predicted molar refractivity (Wildman–Crippen MR) is 136 cm³/mol. The number of aromatic nitrogens is 2. The van der Waals surface area contributed by atoms with E-state index < -0.39 is 17.9 Å². The molecule has 1 atom stereocenters. The van der Waals surface area contributed by atoms with Gasteiger partial charge in [0.2, 0.25) is 0 Å². The summed E-state index contributed by atoms with van der Waals surface area (Å²) in [5, 5.41) is 14.6. The van der Waals surface area contributed by atoms with Crippen LogP contribution in [0.1, 0.15) is 18.1 Å². The molecule has 1 aliphatic rings. The van der Waals surface area contributed by atoms with E-state index in [9.17, 15) is 14.7 Å². The molecule has 9 heteroatoms. The van der Waals surface area contributed by atoms with Crippen LogP contribution in [-0.2, 0) is 20.9 Å². The summed E-state index contributed by atoms with van der Waals surface area (Å²) >= 11 is 0. The van der Waals surface area contributed by atoms with Gasteiger partial charge in [0.1, 0.15) is 0 Å². The van der Waals surface area contributed by atoms with Crippen molar-refractivity contribution < 1.29 is 28.9 Å². The van der Waals surface area contributed by atoms with Gasteiger partial charge in [-0.2, -0.15) is 0 Å². The third-order valence-electron chi connectivity index (χ3n) is 6.36. The zero-order valence-corrected chi connectivity index (χ0v) is 20.3. The van der Waals surface area contributed by atoms with Crippen LogP contribution in [0, 0.1) is 0 Å². The number of nitrogens with one attached hydrogen (secondary N) is 2. The molecule has 3 N–H and O–H groups in total. The van der Waals surface area contributed by atoms with Crippen LogP contribution in [0.5, 0.6) is 11.5 Å². The Labute approximate surface area is 207 Å². The van der Waals surface area contributed by atoms with Crippen molar-refractivity contribution in [1.82, 2.24) is 14.9 Å². The standard InChI is InChI=1S/C27H27N3O6/c1-4-36-14-15(31)12-30-13-19(17-9-10-21(34-2)25(35-3)24(17)30)23-22(26(32)29-27(23)33)18-11-28-20-8-6-5-7-16(18)20/h5-11,13,15,28,31H,4,12,14H2,1-3H3,(H,29,32,33). The van der Waals surface area contributed by atoms with E-state index in [1.54, 1.807) is 25.6 Å². The number of nitrogens with zero attached hydrogens (tertiary/aromatic N) is 1. The van der Waals surface area contributed by atoms with Gasteiger partial charge in [-0.25, -0.2) is 0 Å². The van der Waals surface area contributed by atoms with Gasteiger partial charge in [0.25, 0.3) is 11.8 Å². The van der Waals surface area contributed by atoms with Crippen LogP contribution < -0.4 is 14.8 Å². The fourth-order valence-corrected chi connectivity index (χ4v) is 4.83. The average molecular weight is 490 g/mol. The molecule has 36 heavy (non-hydrogen) atoms. The van der Waals surface area contributed by atoms with E-state index in [1.165, 1.54) is 7.11 Å². The molecule has 0 radical (unpaired) electrons. The highest BCUT2D eigenvalue weighted by Crippen LogP contribution is 2.43. The number of aliphatic hydroxyl groups excluding tert-OH is 1. The van der Waals surface area contributed by atoms with E-state index in [4.69, 9.17) is 14.2 Å². The Kier molecular flexibility index (Phi) is 6.26. The Balaban J connectivity index is 1.77. The number of aromatic amines is 1. The third-order valence-corrected chi connectivity index (χ3v) is 6.36. The number of amides is 2. The lowest BCUT2D eigenvalue weighted by Crippen LogP contribution is -2.22. The maximum atomic E-state index is 13.2. The average Bonchev–Trinajstić information content (AvgIpc) is 3.54. The summed E-state index contributed by atoms with van der Waals surface area (Å²) in [4.78, 5) is 29.4. The lowest BCUT2D eigenvalue weighted by atomic mass is 9.95. The number of carbonyl (C=O) groups is 2. The summed E-state index contributed by atoms with van der Waals surface area (Å²) in [5.74, 6) is 0.0262. The molecule has 9 nitrogen and oxygen atoms in total. The highest BCUT2D eigenvalue weighted by molar-refractivity contribution is 6.50. The zero-order valence-electron chi connectivity index (χ0n) is 20.3. The SMILES string of the molecule is CCOCC(O)Cn1cc(C2=C(c3c[nH]c4ccccc34)C(=O)NC2=O)c2ccc(OC)c(OC)c21. The van der Waals surface area contributed by atoms with Gasteiger partial charge in [0.05, 0.1) is 50.1 Å². The molecule has 186 valence electrons. The molecule has 0 aliphatic carbocycles. The van der Waals surface area contributed by atoms with Crippen LogP contribution >= 0.6 is 0 Å². The van der Waals surface area contributed by atoms with Crippen molar-refractivity contribution in [2.45, 2.75) is 19.6 Å². The van der Waals surface area contributed by atoms with Gasteiger partial charge in [-0.15, -0.1) is 0 Å². The molecule has 0 saturated carbocycles. The number of methoxy groups -OCH3 is 2. The number of carbonyl (C=O) groups excluding carboxylic acids is 2. The summed E-state index contributed by atoms with van der Waals surface area (Å²) in [5.41, 5.74) is 3.25. The van der Waals surface area contributed by atoms with Crippen LogP contribution in [0.25, 0.3) is 33.0 Å². The molecule has 0 bridgehead atoms. The molecule has 4 aromatic rings. The monoisotopic (exact) mass is 489 g/mol. The Morgan fingerprint density at radius 2 is 1.72 bits per heavy atom.